The van der Waals surface area contributed by atoms with Crippen molar-refractivity contribution in [1.29, 1.82) is 0 Å². The zero-order valence-corrected chi connectivity index (χ0v) is 15.4. The van der Waals surface area contributed by atoms with Crippen LogP contribution in [0.5, 0.6) is 0 Å². The topological polar surface area (TPSA) is 45.6 Å². The molecule has 4 rings (SSSR count). The summed E-state index contributed by atoms with van der Waals surface area (Å²) in [5.74, 6) is 1.09. The van der Waals surface area contributed by atoms with Gasteiger partial charge in [-0.2, -0.15) is 0 Å². The lowest BCUT2D eigenvalue weighted by molar-refractivity contribution is 0.185. The van der Waals surface area contributed by atoms with Crippen LogP contribution in [0.25, 0.3) is 0 Å². The summed E-state index contributed by atoms with van der Waals surface area (Å²) < 4.78 is 5.19. The van der Waals surface area contributed by atoms with Crippen LogP contribution in [0.15, 0.2) is 53.5 Å². The zero-order chi connectivity index (χ0) is 17.8. The number of para-hydroxylation sites is 2. The van der Waals surface area contributed by atoms with Crippen molar-refractivity contribution >= 4 is 17.2 Å². The SMILES string of the molecule is COCc1ccc(CN=C2Nc3ccccc3NC23CCCCC3)cc1. The van der Waals surface area contributed by atoms with Gasteiger partial charge in [0.05, 0.1) is 30.1 Å². The standard InChI is InChI=1S/C22H27N3O/c1-26-16-18-11-9-17(10-12-18)15-23-21-22(13-5-2-6-14-22)25-20-8-4-3-7-19(20)24-21/h3-4,7-12,25H,2,5-6,13-16H2,1H3,(H,23,24). The number of nitrogens with one attached hydrogen (secondary N) is 2. The summed E-state index contributed by atoms with van der Waals surface area (Å²) in [5, 5.41) is 7.44. The van der Waals surface area contributed by atoms with Gasteiger partial charge in [0.15, 0.2) is 0 Å². The van der Waals surface area contributed by atoms with E-state index in [9.17, 15) is 0 Å². The quantitative estimate of drug-likeness (QED) is 0.819. The van der Waals surface area contributed by atoms with Crippen LogP contribution in [0, 0.1) is 0 Å². The molecule has 0 saturated heterocycles. The number of hydrogen-bond acceptors (Lipinski definition) is 3. The number of fused-ring (bicyclic) bond motifs is 1. The Morgan fingerprint density at radius 2 is 1.62 bits per heavy atom. The van der Waals surface area contributed by atoms with Crippen molar-refractivity contribution in [3.05, 3.63) is 59.7 Å². The maximum absolute atomic E-state index is 5.19. The second-order valence-electron chi connectivity index (χ2n) is 7.35. The third-order valence-electron chi connectivity index (χ3n) is 5.47. The summed E-state index contributed by atoms with van der Waals surface area (Å²) in [6.45, 7) is 1.35. The van der Waals surface area contributed by atoms with E-state index in [1.165, 1.54) is 36.1 Å². The Bertz CT molecular complexity index is 776. The Hall–Kier alpha value is -2.33. The molecule has 0 aromatic heterocycles. The van der Waals surface area contributed by atoms with E-state index >= 15 is 0 Å². The molecule has 0 atom stereocenters. The number of amidine groups is 1. The molecule has 1 saturated carbocycles. The molecule has 0 unspecified atom stereocenters. The van der Waals surface area contributed by atoms with E-state index in [1.807, 2.05) is 0 Å². The average molecular weight is 349 g/mol. The first kappa shape index (κ1) is 17.1. The van der Waals surface area contributed by atoms with Gasteiger partial charge in [-0.25, -0.2) is 0 Å². The Kier molecular flexibility index (Phi) is 4.93. The monoisotopic (exact) mass is 349 g/mol. The minimum Gasteiger partial charge on any atom is -0.380 e. The zero-order valence-electron chi connectivity index (χ0n) is 15.4. The summed E-state index contributed by atoms with van der Waals surface area (Å²) in [7, 11) is 1.73. The second kappa shape index (κ2) is 7.50. The van der Waals surface area contributed by atoms with Gasteiger partial charge in [-0.3, -0.25) is 4.99 Å². The van der Waals surface area contributed by atoms with Gasteiger partial charge in [0.25, 0.3) is 0 Å². The van der Waals surface area contributed by atoms with Gasteiger partial charge in [-0.05, 0) is 36.1 Å². The molecule has 1 aliphatic carbocycles. The highest BCUT2D eigenvalue weighted by Crippen LogP contribution is 2.39. The van der Waals surface area contributed by atoms with Crippen molar-refractivity contribution in [2.75, 3.05) is 17.7 Å². The molecule has 2 N–H and O–H groups in total. The van der Waals surface area contributed by atoms with Crippen molar-refractivity contribution in [3.63, 3.8) is 0 Å². The third kappa shape index (κ3) is 3.47. The molecule has 1 fully saturated rings. The summed E-state index contributed by atoms with van der Waals surface area (Å²) in [6, 6.07) is 17.0. The molecular weight excluding hydrogens is 322 g/mol. The van der Waals surface area contributed by atoms with E-state index in [1.54, 1.807) is 7.11 Å². The van der Waals surface area contributed by atoms with E-state index < -0.39 is 0 Å². The minimum absolute atomic E-state index is 0.0391. The van der Waals surface area contributed by atoms with E-state index in [2.05, 4.69) is 59.2 Å². The van der Waals surface area contributed by atoms with Crippen LogP contribution in [0.4, 0.5) is 11.4 Å². The van der Waals surface area contributed by atoms with Crippen molar-refractivity contribution in [1.82, 2.24) is 0 Å². The fourth-order valence-corrected chi connectivity index (χ4v) is 4.05. The number of rotatable bonds is 4. The van der Waals surface area contributed by atoms with E-state index in [-0.39, 0.29) is 5.54 Å². The van der Waals surface area contributed by atoms with E-state index in [0.717, 1.165) is 24.4 Å². The number of aliphatic imine (C=N–C) groups is 1. The summed E-state index contributed by atoms with van der Waals surface area (Å²) in [4.78, 5) is 5.02. The molecule has 0 radical (unpaired) electrons. The van der Waals surface area contributed by atoms with Gasteiger partial charge in [-0.1, -0.05) is 55.7 Å². The van der Waals surface area contributed by atoms with Crippen LogP contribution < -0.4 is 10.6 Å². The van der Waals surface area contributed by atoms with Gasteiger partial charge in [-0.15, -0.1) is 0 Å². The normalized spacial score (nSPS) is 19.7. The van der Waals surface area contributed by atoms with Crippen molar-refractivity contribution in [2.45, 2.75) is 50.8 Å². The maximum atomic E-state index is 5.19. The molecule has 1 spiro atoms. The number of hydrogen-bond donors (Lipinski definition) is 2. The van der Waals surface area contributed by atoms with Crippen LogP contribution in [0.1, 0.15) is 43.2 Å². The first-order chi connectivity index (χ1) is 12.8. The molecule has 1 heterocycles. The highest BCUT2D eigenvalue weighted by molar-refractivity contribution is 6.09. The molecule has 2 aromatic carbocycles. The molecule has 4 nitrogen and oxygen atoms in total. The Morgan fingerprint density at radius 1 is 0.923 bits per heavy atom. The molecule has 0 amide bonds. The maximum Gasteiger partial charge on any atom is 0.127 e. The number of benzene rings is 2. The lowest BCUT2D eigenvalue weighted by Crippen LogP contribution is -2.53. The molecule has 136 valence electrons. The van der Waals surface area contributed by atoms with Gasteiger partial charge in [0.1, 0.15) is 5.84 Å². The molecule has 1 aliphatic heterocycles. The van der Waals surface area contributed by atoms with Crippen molar-refractivity contribution in [3.8, 4) is 0 Å². The van der Waals surface area contributed by atoms with Crippen LogP contribution in [0.3, 0.4) is 0 Å². The highest BCUT2D eigenvalue weighted by atomic mass is 16.5. The largest absolute Gasteiger partial charge is 0.380 e. The van der Waals surface area contributed by atoms with Crippen LogP contribution in [0.2, 0.25) is 0 Å². The smallest absolute Gasteiger partial charge is 0.127 e. The summed E-state index contributed by atoms with van der Waals surface area (Å²) >= 11 is 0. The minimum atomic E-state index is -0.0391. The first-order valence-corrected chi connectivity index (χ1v) is 9.55. The van der Waals surface area contributed by atoms with Gasteiger partial charge < -0.3 is 15.4 Å². The molecule has 4 heteroatoms. The predicted octanol–water partition coefficient (Wildman–Crippen LogP) is 4.97. The van der Waals surface area contributed by atoms with E-state index in [0.29, 0.717) is 13.2 Å². The van der Waals surface area contributed by atoms with E-state index in [4.69, 9.17) is 9.73 Å². The van der Waals surface area contributed by atoms with Gasteiger partial charge >= 0.3 is 0 Å². The first-order valence-electron chi connectivity index (χ1n) is 9.55. The van der Waals surface area contributed by atoms with Gasteiger partial charge in [0, 0.05) is 7.11 Å². The molecule has 2 aromatic rings. The Balaban J connectivity index is 1.58. The number of ether oxygens (including phenoxy) is 1. The van der Waals surface area contributed by atoms with Crippen LogP contribution >= 0.6 is 0 Å². The fourth-order valence-electron chi connectivity index (χ4n) is 4.05. The van der Waals surface area contributed by atoms with Gasteiger partial charge in [0.2, 0.25) is 0 Å². The Labute approximate surface area is 155 Å². The molecule has 26 heavy (non-hydrogen) atoms. The third-order valence-corrected chi connectivity index (χ3v) is 5.47. The predicted molar refractivity (Wildman–Crippen MR) is 108 cm³/mol. The number of nitrogens with zero attached hydrogens (tertiary/aromatic N) is 1. The fraction of sp³-hybridized carbons (Fsp3) is 0.409. The van der Waals surface area contributed by atoms with Crippen molar-refractivity contribution in [2.24, 2.45) is 4.99 Å². The average Bonchev–Trinajstić information content (AvgIpc) is 2.68. The van der Waals surface area contributed by atoms with Crippen LogP contribution in [-0.2, 0) is 17.9 Å². The number of methoxy groups -OCH3 is 1. The summed E-state index contributed by atoms with van der Waals surface area (Å²) in [6.07, 6.45) is 6.10. The molecule has 2 aliphatic rings. The van der Waals surface area contributed by atoms with Crippen molar-refractivity contribution < 1.29 is 4.74 Å². The summed E-state index contributed by atoms with van der Waals surface area (Å²) in [5.41, 5.74) is 4.70. The van der Waals surface area contributed by atoms with Crippen LogP contribution in [-0.4, -0.2) is 18.5 Å². The molecule has 0 bridgehead atoms. The molecular formula is C22H27N3O. The second-order valence-corrected chi connectivity index (χ2v) is 7.35. The number of anilines is 2. The lowest BCUT2D eigenvalue weighted by Gasteiger charge is -2.44. The highest BCUT2D eigenvalue weighted by Gasteiger charge is 2.40. The Morgan fingerprint density at radius 3 is 2.35 bits per heavy atom. The lowest BCUT2D eigenvalue weighted by atomic mass is 9.79.